The van der Waals surface area contributed by atoms with Gasteiger partial charge in [0.05, 0.1) is 17.9 Å². The fourth-order valence-corrected chi connectivity index (χ4v) is 6.03. The first-order valence-corrected chi connectivity index (χ1v) is 6.84. The van der Waals surface area contributed by atoms with Crippen LogP contribution in [0.3, 0.4) is 0 Å². The zero-order chi connectivity index (χ0) is 14.1. The monoisotopic (exact) mass is 265 g/mol. The van der Waals surface area contributed by atoms with Gasteiger partial charge >= 0.3 is 11.9 Å². The molecule has 0 aromatic rings. The molecule has 105 valence electrons. The highest BCUT2D eigenvalue weighted by Gasteiger charge is 2.70. The number of hydrogen-bond acceptors (Lipinski definition) is 3. The van der Waals surface area contributed by atoms with Gasteiger partial charge in [-0.1, -0.05) is 6.92 Å². The van der Waals surface area contributed by atoms with Crippen LogP contribution in [0.15, 0.2) is 0 Å². The van der Waals surface area contributed by atoms with Crippen molar-refractivity contribution in [3.63, 3.8) is 0 Å². The topological polar surface area (TPSA) is 63.6 Å². The van der Waals surface area contributed by atoms with Gasteiger partial charge in [-0.25, -0.2) is 0 Å². The maximum atomic E-state index is 12.3. The SMILES string of the molecule is [CH2]C12CC3(C)CC(C(=O)O)(C1)CC(C(=O)OC)(C2)C3. The summed E-state index contributed by atoms with van der Waals surface area (Å²) in [6.07, 6.45) is 4.05. The molecule has 0 amide bonds. The molecular weight excluding hydrogens is 244 g/mol. The van der Waals surface area contributed by atoms with Gasteiger partial charge in [0.1, 0.15) is 0 Å². The number of rotatable bonds is 2. The summed E-state index contributed by atoms with van der Waals surface area (Å²) in [4.78, 5) is 24.1. The first-order valence-electron chi connectivity index (χ1n) is 6.84. The zero-order valence-electron chi connectivity index (χ0n) is 11.6. The van der Waals surface area contributed by atoms with E-state index in [1.807, 2.05) is 0 Å². The molecule has 0 heterocycles. The van der Waals surface area contributed by atoms with E-state index in [9.17, 15) is 14.7 Å². The Balaban J connectivity index is 2.12. The minimum Gasteiger partial charge on any atom is -0.481 e. The van der Waals surface area contributed by atoms with E-state index in [1.165, 1.54) is 7.11 Å². The van der Waals surface area contributed by atoms with Crippen molar-refractivity contribution in [1.82, 2.24) is 0 Å². The molecule has 1 N–H and O–H groups in total. The highest BCUT2D eigenvalue weighted by molar-refractivity contribution is 5.82. The van der Waals surface area contributed by atoms with Crippen molar-refractivity contribution in [3.05, 3.63) is 6.92 Å². The van der Waals surface area contributed by atoms with Crippen molar-refractivity contribution in [2.75, 3.05) is 7.11 Å². The van der Waals surface area contributed by atoms with Gasteiger partial charge < -0.3 is 9.84 Å². The molecule has 4 aliphatic rings. The van der Waals surface area contributed by atoms with E-state index >= 15 is 0 Å². The van der Waals surface area contributed by atoms with Crippen molar-refractivity contribution in [2.24, 2.45) is 21.7 Å². The largest absolute Gasteiger partial charge is 0.481 e. The number of hydrogen-bond donors (Lipinski definition) is 1. The van der Waals surface area contributed by atoms with Gasteiger partial charge in [0, 0.05) is 0 Å². The van der Waals surface area contributed by atoms with Gasteiger partial charge in [0.15, 0.2) is 0 Å². The van der Waals surface area contributed by atoms with Crippen molar-refractivity contribution in [3.8, 4) is 0 Å². The molecule has 4 atom stereocenters. The second-order valence-corrected chi connectivity index (χ2v) is 7.73. The standard InChI is InChI=1S/C15H21O4/c1-12-4-13(2)6-14(5-12,10(16)17)9-15(7-12,8-13)11(18)19-3/h1,4-9H2,2-3H3,(H,16,17). The van der Waals surface area contributed by atoms with Crippen LogP contribution in [-0.4, -0.2) is 24.2 Å². The molecule has 4 nitrogen and oxygen atoms in total. The van der Waals surface area contributed by atoms with Crippen LogP contribution in [-0.2, 0) is 14.3 Å². The number of carbonyl (C=O) groups is 2. The first-order chi connectivity index (χ1) is 8.67. The molecule has 4 unspecified atom stereocenters. The quantitative estimate of drug-likeness (QED) is 0.779. The third-order valence-electron chi connectivity index (χ3n) is 5.51. The highest BCUT2D eigenvalue weighted by atomic mass is 16.5. The second-order valence-electron chi connectivity index (χ2n) is 7.73. The lowest BCUT2D eigenvalue weighted by Gasteiger charge is -2.67. The van der Waals surface area contributed by atoms with Gasteiger partial charge in [0.25, 0.3) is 0 Å². The number of methoxy groups -OCH3 is 1. The van der Waals surface area contributed by atoms with Crippen LogP contribution in [0.5, 0.6) is 0 Å². The van der Waals surface area contributed by atoms with Gasteiger partial charge in [0.2, 0.25) is 0 Å². The Morgan fingerprint density at radius 1 is 1.05 bits per heavy atom. The van der Waals surface area contributed by atoms with Crippen molar-refractivity contribution in [2.45, 2.75) is 45.4 Å². The Hall–Kier alpha value is -1.06. The summed E-state index contributed by atoms with van der Waals surface area (Å²) in [5, 5.41) is 9.70. The third-order valence-corrected chi connectivity index (χ3v) is 5.51. The van der Waals surface area contributed by atoms with Gasteiger partial charge in [-0.2, -0.15) is 0 Å². The Morgan fingerprint density at radius 3 is 2.16 bits per heavy atom. The van der Waals surface area contributed by atoms with Crippen molar-refractivity contribution in [1.29, 1.82) is 0 Å². The van der Waals surface area contributed by atoms with E-state index in [-0.39, 0.29) is 16.8 Å². The minimum atomic E-state index is -0.778. The summed E-state index contributed by atoms with van der Waals surface area (Å²) < 4.78 is 4.99. The van der Waals surface area contributed by atoms with Crippen LogP contribution in [0.25, 0.3) is 0 Å². The smallest absolute Gasteiger partial charge is 0.311 e. The van der Waals surface area contributed by atoms with Gasteiger partial charge in [-0.15, -0.1) is 0 Å². The molecule has 4 bridgehead atoms. The van der Waals surface area contributed by atoms with E-state index in [0.717, 1.165) is 12.8 Å². The fourth-order valence-electron chi connectivity index (χ4n) is 6.03. The number of carboxylic acid groups (broad SMARTS) is 1. The summed E-state index contributed by atoms with van der Waals surface area (Å²) in [6.45, 7) is 6.40. The van der Waals surface area contributed by atoms with Gasteiger partial charge in [-0.05, 0) is 56.3 Å². The lowest BCUT2D eigenvalue weighted by Crippen LogP contribution is -2.64. The van der Waals surface area contributed by atoms with Crippen LogP contribution < -0.4 is 0 Å². The Labute approximate surface area is 113 Å². The first kappa shape index (κ1) is 12.9. The van der Waals surface area contributed by atoms with E-state index in [4.69, 9.17) is 4.74 Å². The summed E-state index contributed by atoms with van der Waals surface area (Å²) in [6, 6.07) is 0. The predicted molar refractivity (Wildman–Crippen MR) is 68.1 cm³/mol. The van der Waals surface area contributed by atoms with Gasteiger partial charge in [-0.3, -0.25) is 9.59 Å². The summed E-state index contributed by atoms with van der Waals surface area (Å²) in [7, 11) is 1.40. The molecule has 4 fully saturated rings. The minimum absolute atomic E-state index is 0.0942. The van der Waals surface area contributed by atoms with Crippen LogP contribution in [0, 0.1) is 28.6 Å². The van der Waals surface area contributed by atoms with E-state index in [0.29, 0.717) is 25.7 Å². The lowest BCUT2D eigenvalue weighted by molar-refractivity contribution is -0.213. The lowest BCUT2D eigenvalue weighted by atomic mass is 9.36. The molecular formula is C15H21O4. The molecule has 0 aliphatic heterocycles. The second kappa shape index (κ2) is 3.33. The molecule has 1 radical (unpaired) electrons. The Morgan fingerprint density at radius 2 is 1.63 bits per heavy atom. The van der Waals surface area contributed by atoms with E-state index in [1.54, 1.807) is 0 Å². The molecule has 4 aliphatic carbocycles. The fraction of sp³-hybridized carbons (Fsp3) is 0.800. The number of esters is 1. The average Bonchev–Trinajstić information content (AvgIpc) is 2.22. The maximum absolute atomic E-state index is 12.3. The third kappa shape index (κ3) is 1.58. The average molecular weight is 265 g/mol. The molecule has 4 heteroatoms. The normalized spacial score (nSPS) is 51.1. The molecule has 0 spiro atoms. The molecule has 4 saturated carbocycles. The Bertz CT molecular complexity index is 449. The number of carboxylic acids is 1. The van der Waals surface area contributed by atoms with Crippen LogP contribution in [0.4, 0.5) is 0 Å². The molecule has 0 aromatic heterocycles. The predicted octanol–water partition coefficient (Wildman–Crippen LogP) is 2.42. The number of aliphatic carboxylic acids is 1. The number of carbonyl (C=O) groups excluding carboxylic acids is 1. The van der Waals surface area contributed by atoms with Crippen LogP contribution in [0.2, 0.25) is 0 Å². The number of ether oxygens (including phenoxy) is 1. The Kier molecular flexibility index (Phi) is 2.27. The van der Waals surface area contributed by atoms with E-state index < -0.39 is 16.8 Å². The molecule has 19 heavy (non-hydrogen) atoms. The van der Waals surface area contributed by atoms with Crippen LogP contribution >= 0.6 is 0 Å². The molecule has 0 aromatic carbocycles. The summed E-state index contributed by atoms with van der Waals surface area (Å²) >= 11 is 0. The summed E-state index contributed by atoms with van der Waals surface area (Å²) in [5.41, 5.74) is -1.78. The zero-order valence-corrected chi connectivity index (χ0v) is 11.6. The highest BCUT2D eigenvalue weighted by Crippen LogP contribution is 2.73. The van der Waals surface area contributed by atoms with Crippen LogP contribution in [0.1, 0.15) is 45.4 Å². The summed E-state index contributed by atoms with van der Waals surface area (Å²) in [5.74, 6) is -1.00. The van der Waals surface area contributed by atoms with Crippen molar-refractivity contribution >= 4 is 11.9 Å². The molecule has 4 rings (SSSR count). The van der Waals surface area contributed by atoms with E-state index in [2.05, 4.69) is 13.8 Å². The maximum Gasteiger partial charge on any atom is 0.311 e. The molecule has 0 saturated heterocycles. The van der Waals surface area contributed by atoms with Crippen molar-refractivity contribution < 1.29 is 19.4 Å².